The van der Waals surface area contributed by atoms with Crippen LogP contribution in [0.5, 0.6) is 0 Å². The normalized spacial score (nSPS) is 16.0. The molecule has 0 radical (unpaired) electrons. The molecular formula is C19H16ClF3N4O2. The van der Waals surface area contributed by atoms with E-state index in [-0.39, 0.29) is 12.5 Å². The molecule has 0 fully saturated rings. The van der Waals surface area contributed by atoms with E-state index in [4.69, 9.17) is 11.6 Å². The predicted octanol–water partition coefficient (Wildman–Crippen LogP) is 3.66. The molecule has 1 aromatic heterocycles. The first-order valence-electron chi connectivity index (χ1n) is 8.48. The maximum Gasteiger partial charge on any atom is 0.417 e. The molecule has 0 spiro atoms. The summed E-state index contributed by atoms with van der Waals surface area (Å²) in [5.41, 5.74) is -2.25. The van der Waals surface area contributed by atoms with Crippen molar-refractivity contribution < 1.29 is 22.8 Å². The minimum absolute atomic E-state index is 0.0672. The van der Waals surface area contributed by atoms with Gasteiger partial charge in [0.05, 0.1) is 17.7 Å². The van der Waals surface area contributed by atoms with E-state index >= 15 is 0 Å². The number of hydrogen-bond acceptors (Lipinski definition) is 4. The van der Waals surface area contributed by atoms with Crippen molar-refractivity contribution >= 4 is 29.4 Å². The number of halogens is 4. The van der Waals surface area contributed by atoms with Crippen LogP contribution in [0.25, 0.3) is 0 Å². The Bertz CT molecular complexity index is 988. The molecule has 1 aliphatic rings. The summed E-state index contributed by atoms with van der Waals surface area (Å²) in [6.45, 7) is 3.17. The molecule has 1 N–H and O–H groups in total. The van der Waals surface area contributed by atoms with Crippen LogP contribution in [0.15, 0.2) is 47.7 Å². The third-order valence-electron chi connectivity index (χ3n) is 4.26. The van der Waals surface area contributed by atoms with Gasteiger partial charge in [-0.2, -0.15) is 13.2 Å². The van der Waals surface area contributed by atoms with Gasteiger partial charge in [0, 0.05) is 17.4 Å². The zero-order chi connectivity index (χ0) is 21.4. The first-order chi connectivity index (χ1) is 13.5. The highest BCUT2D eigenvalue weighted by molar-refractivity contribution is 6.30. The summed E-state index contributed by atoms with van der Waals surface area (Å²) in [4.78, 5) is 34.2. The van der Waals surface area contributed by atoms with Crippen LogP contribution in [0.2, 0.25) is 5.02 Å². The van der Waals surface area contributed by atoms with E-state index in [1.807, 2.05) is 0 Å². The number of benzene rings is 1. The second-order valence-corrected chi connectivity index (χ2v) is 7.32. The van der Waals surface area contributed by atoms with E-state index < -0.39 is 34.7 Å². The average molecular weight is 425 g/mol. The molecule has 6 nitrogen and oxygen atoms in total. The van der Waals surface area contributed by atoms with Gasteiger partial charge in [-0.25, -0.2) is 4.99 Å². The number of nitrogens with zero attached hydrogens (tertiary/aromatic N) is 3. The second kappa shape index (κ2) is 7.47. The van der Waals surface area contributed by atoms with Crippen LogP contribution in [-0.2, 0) is 17.5 Å². The molecule has 1 aromatic carbocycles. The van der Waals surface area contributed by atoms with Crippen molar-refractivity contribution in [1.82, 2.24) is 15.2 Å². The van der Waals surface area contributed by atoms with Gasteiger partial charge in [0.15, 0.2) is 0 Å². The number of pyridine rings is 1. The third kappa shape index (κ3) is 4.40. The van der Waals surface area contributed by atoms with Crippen LogP contribution in [0.3, 0.4) is 0 Å². The molecule has 0 saturated carbocycles. The highest BCUT2D eigenvalue weighted by Gasteiger charge is 2.42. The molecule has 2 heterocycles. The molecule has 0 saturated heterocycles. The number of guanidine groups is 1. The van der Waals surface area contributed by atoms with Crippen LogP contribution >= 0.6 is 11.6 Å². The summed E-state index contributed by atoms with van der Waals surface area (Å²) in [6.07, 6.45) is -2.96. The largest absolute Gasteiger partial charge is 0.417 e. The van der Waals surface area contributed by atoms with Crippen LogP contribution in [0.4, 0.5) is 13.2 Å². The van der Waals surface area contributed by atoms with Gasteiger partial charge in [0.2, 0.25) is 5.96 Å². The summed E-state index contributed by atoms with van der Waals surface area (Å²) in [7, 11) is 0. The van der Waals surface area contributed by atoms with Crippen LogP contribution < -0.4 is 5.32 Å². The first-order valence-corrected chi connectivity index (χ1v) is 8.85. The topological polar surface area (TPSA) is 74.7 Å². The fourth-order valence-electron chi connectivity index (χ4n) is 2.81. The molecule has 3 rings (SSSR count). The van der Waals surface area contributed by atoms with Gasteiger partial charge in [-0.1, -0.05) is 23.7 Å². The molecule has 10 heteroatoms. The van der Waals surface area contributed by atoms with Crippen LogP contribution in [-0.4, -0.2) is 33.2 Å². The second-order valence-electron chi connectivity index (χ2n) is 6.89. The number of aromatic nitrogens is 1. The van der Waals surface area contributed by atoms with Gasteiger partial charge in [-0.05, 0) is 37.6 Å². The minimum Gasteiger partial charge on any atom is -0.292 e. The van der Waals surface area contributed by atoms with Crippen molar-refractivity contribution in [2.75, 3.05) is 0 Å². The summed E-state index contributed by atoms with van der Waals surface area (Å²) >= 11 is 5.86. The number of hydrogen-bond donors (Lipinski definition) is 1. The zero-order valence-electron chi connectivity index (χ0n) is 15.4. The lowest BCUT2D eigenvalue weighted by molar-refractivity contribution is -0.138. The van der Waals surface area contributed by atoms with E-state index in [2.05, 4.69) is 15.3 Å². The van der Waals surface area contributed by atoms with E-state index in [1.54, 1.807) is 38.1 Å². The quantitative estimate of drug-likeness (QED) is 0.817. The van der Waals surface area contributed by atoms with Crippen molar-refractivity contribution in [1.29, 1.82) is 0 Å². The highest BCUT2D eigenvalue weighted by atomic mass is 35.5. The average Bonchev–Trinajstić information content (AvgIpc) is 2.85. The Morgan fingerprint density at radius 2 is 1.86 bits per heavy atom. The molecule has 2 aromatic rings. The lowest BCUT2D eigenvalue weighted by Gasteiger charge is -2.21. The lowest BCUT2D eigenvalue weighted by Crippen LogP contribution is -2.45. The van der Waals surface area contributed by atoms with Crippen molar-refractivity contribution in [3.63, 3.8) is 0 Å². The molecular weight excluding hydrogens is 409 g/mol. The van der Waals surface area contributed by atoms with Crippen LogP contribution in [0, 0.1) is 0 Å². The number of aliphatic imine (C=N–C) groups is 1. The zero-order valence-corrected chi connectivity index (χ0v) is 16.2. The fraction of sp³-hybridized carbons (Fsp3) is 0.263. The maximum atomic E-state index is 13.2. The molecule has 0 unspecified atom stereocenters. The third-order valence-corrected chi connectivity index (χ3v) is 4.51. The Labute approximate surface area is 169 Å². The number of nitrogens with one attached hydrogen (secondary N) is 1. The minimum atomic E-state index is -4.73. The molecule has 0 aliphatic carbocycles. The Kier molecular flexibility index (Phi) is 5.36. The monoisotopic (exact) mass is 424 g/mol. The molecule has 2 amide bonds. The van der Waals surface area contributed by atoms with Gasteiger partial charge in [0.25, 0.3) is 11.8 Å². The summed E-state index contributed by atoms with van der Waals surface area (Å²) < 4.78 is 39.6. The Morgan fingerprint density at radius 3 is 2.48 bits per heavy atom. The summed E-state index contributed by atoms with van der Waals surface area (Å²) in [5, 5.41) is 2.84. The SMILES string of the molecule is CC1(C)N=C(NC(=O)c2cnccc2C(F)(F)F)N(Cc2ccc(Cl)cc2)C1=O. The highest BCUT2D eigenvalue weighted by Crippen LogP contribution is 2.31. The summed E-state index contributed by atoms with van der Waals surface area (Å²) in [5.74, 6) is -1.59. The molecule has 152 valence electrons. The van der Waals surface area contributed by atoms with E-state index in [9.17, 15) is 22.8 Å². The molecule has 0 atom stereocenters. The van der Waals surface area contributed by atoms with E-state index in [1.165, 1.54) is 4.90 Å². The Balaban J connectivity index is 1.89. The molecule has 0 bridgehead atoms. The number of carbonyl (C=O) groups excluding carboxylic acids is 2. The van der Waals surface area contributed by atoms with E-state index in [0.717, 1.165) is 12.4 Å². The standard InChI is InChI=1S/C19H16ClF3N4O2/c1-18(2)16(29)27(10-11-3-5-12(20)6-4-11)17(26-18)25-15(28)13-9-24-8-7-14(13)19(21,22)23/h3-9H,10H2,1-2H3,(H,25,26,28). The van der Waals surface area contributed by atoms with Crippen molar-refractivity contribution in [2.24, 2.45) is 4.99 Å². The Hall–Kier alpha value is -2.94. The van der Waals surface area contributed by atoms with Crippen LogP contribution in [0.1, 0.15) is 35.3 Å². The van der Waals surface area contributed by atoms with Crippen molar-refractivity contribution in [2.45, 2.75) is 32.1 Å². The van der Waals surface area contributed by atoms with Gasteiger partial charge in [-0.15, -0.1) is 0 Å². The first kappa shape index (κ1) is 20.8. The molecule has 29 heavy (non-hydrogen) atoms. The predicted molar refractivity (Wildman–Crippen MR) is 100 cm³/mol. The number of amides is 2. The van der Waals surface area contributed by atoms with Gasteiger partial charge in [0.1, 0.15) is 5.54 Å². The lowest BCUT2D eigenvalue weighted by atomic mass is 10.1. The van der Waals surface area contributed by atoms with Gasteiger partial charge >= 0.3 is 6.18 Å². The van der Waals surface area contributed by atoms with Gasteiger partial charge < -0.3 is 0 Å². The van der Waals surface area contributed by atoms with Crippen molar-refractivity contribution in [3.05, 3.63) is 64.4 Å². The van der Waals surface area contributed by atoms with E-state index in [0.29, 0.717) is 16.7 Å². The number of rotatable bonds is 3. The smallest absolute Gasteiger partial charge is 0.292 e. The fourth-order valence-corrected chi connectivity index (χ4v) is 2.93. The molecule has 1 aliphatic heterocycles. The van der Waals surface area contributed by atoms with Crippen molar-refractivity contribution in [3.8, 4) is 0 Å². The van der Waals surface area contributed by atoms with Gasteiger partial charge in [-0.3, -0.25) is 24.8 Å². The number of carbonyl (C=O) groups is 2. The number of alkyl halides is 3. The summed E-state index contributed by atoms with van der Waals surface area (Å²) in [6, 6.07) is 7.39. The Morgan fingerprint density at radius 1 is 1.21 bits per heavy atom. The maximum absolute atomic E-state index is 13.2.